The number of amides is 1. The molecule has 0 saturated heterocycles. The van der Waals surface area contributed by atoms with Gasteiger partial charge in [-0.05, 0) is 43.5 Å². The van der Waals surface area contributed by atoms with Crippen molar-refractivity contribution >= 4 is 34.6 Å². The maximum Gasteiger partial charge on any atom is 0.261 e. The normalized spacial score (nSPS) is 13.5. The first kappa shape index (κ1) is 22.1. The highest BCUT2D eigenvalue weighted by Crippen LogP contribution is 2.25. The highest BCUT2D eigenvalue weighted by atomic mass is 35.5. The van der Waals surface area contributed by atoms with Crippen LogP contribution in [0.5, 0.6) is 0 Å². The monoisotopic (exact) mass is 422 g/mol. The van der Waals surface area contributed by atoms with Gasteiger partial charge < -0.3 is 16.8 Å². The molecule has 0 aliphatic heterocycles. The molecule has 1 amide bonds. The van der Waals surface area contributed by atoms with E-state index in [2.05, 4.69) is 10.3 Å². The van der Waals surface area contributed by atoms with Crippen molar-refractivity contribution in [2.24, 2.45) is 16.5 Å². The Balaban J connectivity index is 2.16. The van der Waals surface area contributed by atoms with Gasteiger partial charge in [-0.2, -0.15) is 0 Å². The van der Waals surface area contributed by atoms with Crippen molar-refractivity contribution in [2.75, 3.05) is 13.6 Å². The number of aryl methyl sites for hydroxylation is 2. The Morgan fingerprint density at radius 2 is 2.11 bits per heavy atom. The molecular weight excluding hydrogens is 399 g/mol. The molecule has 0 aliphatic carbocycles. The number of thiophene rings is 1. The third kappa shape index (κ3) is 5.19. The van der Waals surface area contributed by atoms with Crippen molar-refractivity contribution in [3.05, 3.63) is 67.8 Å². The summed E-state index contributed by atoms with van der Waals surface area (Å²) in [5.41, 5.74) is 14.0. The van der Waals surface area contributed by atoms with Gasteiger partial charge >= 0.3 is 0 Å². The molecule has 1 aromatic heterocycles. The van der Waals surface area contributed by atoms with Crippen LogP contribution in [0.1, 0.15) is 31.2 Å². The number of nitrogens with two attached hydrogens (primary N) is 2. The summed E-state index contributed by atoms with van der Waals surface area (Å²) in [5, 5.41) is 3.23. The Labute approximate surface area is 173 Å². The fraction of sp³-hybridized carbons (Fsp3) is 0.300. The lowest BCUT2D eigenvalue weighted by Gasteiger charge is -2.16. The van der Waals surface area contributed by atoms with Crippen LogP contribution in [-0.4, -0.2) is 31.3 Å². The van der Waals surface area contributed by atoms with Gasteiger partial charge in [0.15, 0.2) is 0 Å². The zero-order valence-electron chi connectivity index (χ0n) is 16.1. The maximum atomic E-state index is 13.8. The summed E-state index contributed by atoms with van der Waals surface area (Å²) in [4.78, 5) is 18.3. The second-order valence-corrected chi connectivity index (χ2v) is 8.02. The van der Waals surface area contributed by atoms with Crippen LogP contribution >= 0.6 is 22.9 Å². The second kappa shape index (κ2) is 9.82. The molecule has 2 aromatic rings. The highest BCUT2D eigenvalue weighted by Gasteiger charge is 2.20. The number of nitrogens with one attached hydrogen (secondary N) is 1. The van der Waals surface area contributed by atoms with E-state index in [0.717, 1.165) is 16.0 Å². The van der Waals surface area contributed by atoms with Crippen LogP contribution in [0, 0.1) is 19.7 Å². The van der Waals surface area contributed by atoms with Gasteiger partial charge in [0, 0.05) is 36.3 Å². The van der Waals surface area contributed by atoms with E-state index in [9.17, 15) is 9.18 Å². The first-order valence-electron chi connectivity index (χ1n) is 8.72. The zero-order chi connectivity index (χ0) is 20.8. The van der Waals surface area contributed by atoms with E-state index in [0.29, 0.717) is 27.6 Å². The second-order valence-electron chi connectivity index (χ2n) is 6.36. The van der Waals surface area contributed by atoms with E-state index in [1.165, 1.54) is 23.6 Å². The van der Waals surface area contributed by atoms with Gasteiger partial charge in [-0.1, -0.05) is 23.7 Å². The predicted octanol–water partition coefficient (Wildman–Crippen LogP) is 3.26. The van der Waals surface area contributed by atoms with Crippen LogP contribution in [0.3, 0.4) is 0 Å². The molecule has 8 heteroatoms. The van der Waals surface area contributed by atoms with Crippen LogP contribution < -0.4 is 16.8 Å². The van der Waals surface area contributed by atoms with E-state index in [-0.39, 0.29) is 24.3 Å². The number of rotatable bonds is 7. The molecule has 5 nitrogen and oxygen atoms in total. The molecule has 0 saturated carbocycles. The fourth-order valence-corrected chi connectivity index (χ4v) is 3.87. The minimum absolute atomic E-state index is 0.238. The Morgan fingerprint density at radius 3 is 2.68 bits per heavy atom. The van der Waals surface area contributed by atoms with Gasteiger partial charge in [0.05, 0.1) is 15.6 Å². The van der Waals surface area contributed by atoms with Crippen molar-refractivity contribution in [1.82, 2.24) is 5.32 Å². The molecule has 0 bridgehead atoms. The van der Waals surface area contributed by atoms with Crippen LogP contribution in [0.4, 0.5) is 4.39 Å². The molecule has 150 valence electrons. The van der Waals surface area contributed by atoms with Gasteiger partial charge in [0.2, 0.25) is 0 Å². The first-order valence-corrected chi connectivity index (χ1v) is 9.91. The summed E-state index contributed by atoms with van der Waals surface area (Å²) in [6.45, 7) is 3.83. The smallest absolute Gasteiger partial charge is 0.261 e. The third-order valence-electron chi connectivity index (χ3n) is 4.33. The quantitative estimate of drug-likeness (QED) is 0.598. The minimum Gasteiger partial charge on any atom is -0.403 e. The van der Waals surface area contributed by atoms with Gasteiger partial charge in [0.1, 0.15) is 5.82 Å². The van der Waals surface area contributed by atoms with E-state index < -0.39 is 0 Å². The molecule has 2 rings (SSSR count). The fourth-order valence-electron chi connectivity index (χ4n) is 2.76. The average molecular weight is 423 g/mol. The highest BCUT2D eigenvalue weighted by molar-refractivity contribution is 7.14. The largest absolute Gasteiger partial charge is 0.403 e. The van der Waals surface area contributed by atoms with Crippen LogP contribution in [-0.2, 0) is 6.42 Å². The first-order chi connectivity index (χ1) is 13.3. The van der Waals surface area contributed by atoms with Crippen LogP contribution in [0.2, 0.25) is 0 Å². The average Bonchev–Trinajstić information content (AvgIpc) is 3.06. The van der Waals surface area contributed by atoms with Gasteiger partial charge in [-0.15, -0.1) is 11.3 Å². The summed E-state index contributed by atoms with van der Waals surface area (Å²) < 4.78 is 13.8. The maximum absolute atomic E-state index is 13.8. The summed E-state index contributed by atoms with van der Waals surface area (Å²) in [7, 11) is 1.61. The molecule has 0 aliphatic rings. The molecule has 1 aromatic carbocycles. The number of halogens is 2. The molecular formula is C20H24ClFN4OS. The Bertz CT molecular complexity index is 923. The van der Waals surface area contributed by atoms with Gasteiger partial charge in [0.25, 0.3) is 5.91 Å². The Kier molecular flexibility index (Phi) is 7.74. The third-order valence-corrected chi connectivity index (χ3v) is 5.69. The molecule has 1 heterocycles. The van der Waals surface area contributed by atoms with Crippen molar-refractivity contribution in [3.8, 4) is 0 Å². The molecule has 0 radical (unpaired) electrons. The lowest BCUT2D eigenvalue weighted by molar-refractivity contribution is 0.0942. The SMILES string of the molecule is CN=C(C(Cl)=CN)c1cc(C(=O)NC(CN)Cc2ccc(C)c(F)c2)sc1C. The number of hydrogen-bond acceptors (Lipinski definition) is 5. The van der Waals surface area contributed by atoms with E-state index in [1.807, 2.05) is 13.0 Å². The van der Waals surface area contributed by atoms with Crippen molar-refractivity contribution in [3.63, 3.8) is 0 Å². The number of benzene rings is 1. The lowest BCUT2D eigenvalue weighted by atomic mass is 10.0. The van der Waals surface area contributed by atoms with Gasteiger partial charge in [-0.3, -0.25) is 9.79 Å². The van der Waals surface area contributed by atoms with Crippen LogP contribution in [0.25, 0.3) is 0 Å². The number of allylic oxidation sites excluding steroid dienone is 1. The summed E-state index contributed by atoms with van der Waals surface area (Å²) in [6, 6.07) is 6.46. The standard InChI is InChI=1S/C20H24ClFN4OS/c1-11-4-5-13(7-17(11)22)6-14(9-23)26-20(27)18-8-15(12(2)28-18)19(25-3)16(21)10-24/h4-5,7-8,10,14H,6,9,23-24H2,1-3H3,(H,26,27). The predicted molar refractivity (Wildman–Crippen MR) is 115 cm³/mol. The zero-order valence-corrected chi connectivity index (χ0v) is 17.6. The summed E-state index contributed by atoms with van der Waals surface area (Å²) in [5.74, 6) is -0.514. The molecule has 28 heavy (non-hydrogen) atoms. The lowest BCUT2D eigenvalue weighted by Crippen LogP contribution is -2.41. The summed E-state index contributed by atoms with van der Waals surface area (Å²) in [6.07, 6.45) is 1.71. The number of carbonyl (C=O) groups is 1. The molecule has 1 atom stereocenters. The number of aliphatic imine (C=N–C) groups is 1. The molecule has 0 fully saturated rings. The molecule has 5 N–H and O–H groups in total. The summed E-state index contributed by atoms with van der Waals surface area (Å²) >= 11 is 7.45. The van der Waals surface area contributed by atoms with Crippen molar-refractivity contribution in [2.45, 2.75) is 26.3 Å². The molecule has 1 unspecified atom stereocenters. The number of hydrogen-bond donors (Lipinski definition) is 3. The Hall–Kier alpha value is -2.22. The topological polar surface area (TPSA) is 93.5 Å². The number of carbonyl (C=O) groups excluding carboxylic acids is 1. The molecule has 0 spiro atoms. The minimum atomic E-state index is -0.313. The van der Waals surface area contributed by atoms with Gasteiger partial charge in [-0.25, -0.2) is 4.39 Å². The van der Waals surface area contributed by atoms with E-state index in [1.54, 1.807) is 26.1 Å². The van der Waals surface area contributed by atoms with Crippen molar-refractivity contribution in [1.29, 1.82) is 0 Å². The number of nitrogens with zero attached hydrogens (tertiary/aromatic N) is 1. The van der Waals surface area contributed by atoms with E-state index in [4.69, 9.17) is 23.1 Å². The van der Waals surface area contributed by atoms with Crippen LogP contribution in [0.15, 0.2) is 40.5 Å². The van der Waals surface area contributed by atoms with Crippen molar-refractivity contribution < 1.29 is 9.18 Å². The Morgan fingerprint density at radius 1 is 1.39 bits per heavy atom. The van der Waals surface area contributed by atoms with E-state index >= 15 is 0 Å².